The van der Waals surface area contributed by atoms with Crippen LogP contribution in [0.5, 0.6) is 0 Å². The highest BCUT2D eigenvalue weighted by Gasteiger charge is 2.38. The van der Waals surface area contributed by atoms with Crippen LogP contribution in [-0.2, 0) is 20.8 Å². The second-order valence-corrected chi connectivity index (χ2v) is 9.46. The molecule has 0 aromatic heterocycles. The number of likely N-dealkylation sites (N-methyl/N-ethyl adjacent to an activating group) is 1. The molecule has 0 saturated heterocycles. The van der Waals surface area contributed by atoms with Crippen LogP contribution in [0.25, 0.3) is 0 Å². The quantitative estimate of drug-likeness (QED) is 0.355. The van der Waals surface area contributed by atoms with Crippen LogP contribution in [0, 0.1) is 5.92 Å². The minimum absolute atomic E-state index is 0.0397. The van der Waals surface area contributed by atoms with E-state index in [0.717, 1.165) is 10.5 Å². The van der Waals surface area contributed by atoms with E-state index < -0.39 is 29.8 Å². The van der Waals surface area contributed by atoms with E-state index in [2.05, 4.69) is 5.32 Å². The number of carbonyl (C=O) groups excluding carboxylic acids is 5. The van der Waals surface area contributed by atoms with Gasteiger partial charge in [-0.25, -0.2) is 0 Å². The van der Waals surface area contributed by atoms with E-state index in [1.807, 2.05) is 30.3 Å². The first kappa shape index (κ1) is 27.7. The lowest BCUT2D eigenvalue weighted by molar-refractivity contribution is -0.153. The summed E-state index contributed by atoms with van der Waals surface area (Å²) in [6.45, 7) is 3.71. The molecule has 2 aromatic carbocycles. The van der Waals surface area contributed by atoms with Crippen molar-refractivity contribution in [2.45, 2.75) is 51.6 Å². The Hall–Kier alpha value is -3.85. The standard InChI is InChI=1S/C28H34N4O5/c1-18(2)24(29)28(37)32(22(25(34)30-3)17-19-11-5-4-6-12-19)23(33)15-9-10-16-31-26(35)20-13-7-8-14-21(20)27(31)36/h4-8,11-14,18,22,24H,9-10,15-17,29H2,1-3H3,(H,30,34)/t22-,24-/m0/s1. The Morgan fingerprint density at radius 2 is 1.49 bits per heavy atom. The summed E-state index contributed by atoms with van der Waals surface area (Å²) >= 11 is 0. The van der Waals surface area contributed by atoms with Crippen LogP contribution in [0.1, 0.15) is 59.4 Å². The number of carbonyl (C=O) groups is 5. The lowest BCUT2D eigenvalue weighted by Crippen LogP contribution is -2.58. The average Bonchev–Trinajstić information content (AvgIpc) is 3.15. The van der Waals surface area contributed by atoms with Gasteiger partial charge in [-0.3, -0.25) is 33.8 Å². The third kappa shape index (κ3) is 6.29. The first-order chi connectivity index (χ1) is 17.7. The predicted molar refractivity (Wildman–Crippen MR) is 138 cm³/mol. The van der Waals surface area contributed by atoms with Crippen LogP contribution < -0.4 is 11.1 Å². The van der Waals surface area contributed by atoms with Gasteiger partial charge in [0.15, 0.2) is 0 Å². The highest BCUT2D eigenvalue weighted by molar-refractivity contribution is 6.21. The first-order valence-corrected chi connectivity index (χ1v) is 12.5. The number of fused-ring (bicyclic) bond motifs is 1. The largest absolute Gasteiger partial charge is 0.357 e. The molecule has 0 fully saturated rings. The van der Waals surface area contributed by atoms with Gasteiger partial charge in [0, 0.05) is 26.4 Å². The third-order valence-electron chi connectivity index (χ3n) is 6.54. The lowest BCUT2D eigenvalue weighted by atomic mass is 9.99. The summed E-state index contributed by atoms with van der Waals surface area (Å²) in [6.07, 6.45) is 0.803. The fourth-order valence-electron chi connectivity index (χ4n) is 4.31. The Morgan fingerprint density at radius 1 is 0.919 bits per heavy atom. The summed E-state index contributed by atoms with van der Waals surface area (Å²) in [5.74, 6) is -2.53. The minimum atomic E-state index is -1.06. The van der Waals surface area contributed by atoms with Crippen molar-refractivity contribution in [2.24, 2.45) is 11.7 Å². The highest BCUT2D eigenvalue weighted by Crippen LogP contribution is 2.23. The molecule has 2 atom stereocenters. The third-order valence-corrected chi connectivity index (χ3v) is 6.54. The Morgan fingerprint density at radius 3 is 2.03 bits per heavy atom. The molecule has 1 aliphatic rings. The number of nitrogens with one attached hydrogen (secondary N) is 1. The maximum atomic E-state index is 13.4. The molecule has 1 heterocycles. The van der Waals surface area contributed by atoms with E-state index in [4.69, 9.17) is 5.73 Å². The molecule has 0 saturated carbocycles. The molecule has 5 amide bonds. The van der Waals surface area contributed by atoms with Crippen molar-refractivity contribution in [3.05, 3.63) is 71.3 Å². The number of nitrogens with zero attached hydrogens (tertiary/aromatic N) is 2. The highest BCUT2D eigenvalue weighted by atomic mass is 16.2. The molecule has 0 unspecified atom stereocenters. The van der Waals surface area contributed by atoms with E-state index in [1.165, 1.54) is 11.9 Å². The lowest BCUT2D eigenvalue weighted by Gasteiger charge is -2.32. The van der Waals surface area contributed by atoms with Crippen LogP contribution >= 0.6 is 0 Å². The number of rotatable bonds is 11. The van der Waals surface area contributed by atoms with Gasteiger partial charge in [0.2, 0.25) is 17.7 Å². The number of nitrogens with two attached hydrogens (primary N) is 1. The molecule has 0 radical (unpaired) electrons. The monoisotopic (exact) mass is 506 g/mol. The number of amides is 5. The summed E-state index contributed by atoms with van der Waals surface area (Å²) in [7, 11) is 1.46. The Balaban J connectivity index is 1.72. The van der Waals surface area contributed by atoms with Gasteiger partial charge in [0.25, 0.3) is 11.8 Å². The van der Waals surface area contributed by atoms with Gasteiger partial charge in [0.1, 0.15) is 6.04 Å². The molecular formula is C28H34N4O5. The van der Waals surface area contributed by atoms with Crippen LogP contribution in [0.3, 0.4) is 0 Å². The van der Waals surface area contributed by atoms with Gasteiger partial charge in [-0.2, -0.15) is 0 Å². The van der Waals surface area contributed by atoms with Gasteiger partial charge in [-0.1, -0.05) is 56.3 Å². The SMILES string of the molecule is CNC(=O)[C@H](Cc1ccccc1)N(C(=O)CCCCN1C(=O)c2ccccc2C1=O)C(=O)[C@@H](N)C(C)C. The van der Waals surface area contributed by atoms with Gasteiger partial charge in [-0.15, -0.1) is 0 Å². The van der Waals surface area contributed by atoms with Crippen molar-refractivity contribution in [3.8, 4) is 0 Å². The minimum Gasteiger partial charge on any atom is -0.357 e. The van der Waals surface area contributed by atoms with Crippen LogP contribution in [-0.4, -0.2) is 65.0 Å². The molecule has 3 rings (SSSR count). The second kappa shape index (κ2) is 12.4. The number of hydrogen-bond acceptors (Lipinski definition) is 6. The zero-order valence-corrected chi connectivity index (χ0v) is 21.5. The summed E-state index contributed by atoms with van der Waals surface area (Å²) < 4.78 is 0. The van der Waals surface area contributed by atoms with Gasteiger partial charge >= 0.3 is 0 Å². The molecule has 1 aliphatic heterocycles. The van der Waals surface area contributed by atoms with Crippen molar-refractivity contribution >= 4 is 29.5 Å². The van der Waals surface area contributed by atoms with E-state index in [9.17, 15) is 24.0 Å². The van der Waals surface area contributed by atoms with Crippen molar-refractivity contribution in [2.75, 3.05) is 13.6 Å². The topological polar surface area (TPSA) is 130 Å². The molecule has 196 valence electrons. The fraction of sp³-hybridized carbons (Fsp3) is 0.393. The van der Waals surface area contributed by atoms with E-state index in [1.54, 1.807) is 38.1 Å². The molecule has 9 nitrogen and oxygen atoms in total. The van der Waals surface area contributed by atoms with E-state index in [0.29, 0.717) is 24.0 Å². The van der Waals surface area contributed by atoms with Crippen molar-refractivity contribution in [3.63, 3.8) is 0 Å². The van der Waals surface area contributed by atoms with Crippen molar-refractivity contribution in [1.82, 2.24) is 15.1 Å². The Bertz CT molecular complexity index is 1130. The molecule has 37 heavy (non-hydrogen) atoms. The molecule has 2 aromatic rings. The number of imide groups is 2. The average molecular weight is 507 g/mol. The molecule has 0 aliphatic carbocycles. The predicted octanol–water partition coefficient (Wildman–Crippen LogP) is 2.15. The smallest absolute Gasteiger partial charge is 0.261 e. The Labute approximate surface area is 217 Å². The van der Waals surface area contributed by atoms with Gasteiger partial charge < -0.3 is 11.1 Å². The van der Waals surface area contributed by atoms with E-state index >= 15 is 0 Å². The van der Waals surface area contributed by atoms with Crippen molar-refractivity contribution < 1.29 is 24.0 Å². The molecular weight excluding hydrogens is 472 g/mol. The van der Waals surface area contributed by atoms with Crippen LogP contribution in [0.4, 0.5) is 0 Å². The number of benzene rings is 2. The second-order valence-electron chi connectivity index (χ2n) is 9.46. The van der Waals surface area contributed by atoms with Gasteiger partial charge in [-0.05, 0) is 36.5 Å². The zero-order chi connectivity index (χ0) is 27.1. The molecule has 9 heteroatoms. The maximum absolute atomic E-state index is 13.4. The molecule has 3 N–H and O–H groups in total. The van der Waals surface area contributed by atoms with Crippen molar-refractivity contribution in [1.29, 1.82) is 0 Å². The summed E-state index contributed by atoms with van der Waals surface area (Å²) in [5, 5.41) is 2.56. The van der Waals surface area contributed by atoms with Gasteiger partial charge in [0.05, 0.1) is 17.2 Å². The molecule has 0 bridgehead atoms. The number of hydrogen-bond donors (Lipinski definition) is 2. The Kier molecular flexibility index (Phi) is 9.30. The summed E-state index contributed by atoms with van der Waals surface area (Å²) in [6, 6.07) is 13.8. The summed E-state index contributed by atoms with van der Waals surface area (Å²) in [5.41, 5.74) is 7.67. The van der Waals surface area contributed by atoms with Crippen LogP contribution in [0.2, 0.25) is 0 Å². The normalized spacial score (nSPS) is 14.4. The summed E-state index contributed by atoms with van der Waals surface area (Å²) in [4.78, 5) is 66.9. The van der Waals surface area contributed by atoms with Crippen LogP contribution in [0.15, 0.2) is 54.6 Å². The zero-order valence-electron chi connectivity index (χ0n) is 21.5. The first-order valence-electron chi connectivity index (χ1n) is 12.5. The van der Waals surface area contributed by atoms with E-state index in [-0.39, 0.29) is 37.1 Å². The fourth-order valence-corrected chi connectivity index (χ4v) is 4.31. The molecule has 0 spiro atoms. The maximum Gasteiger partial charge on any atom is 0.261 e. The number of unbranched alkanes of at least 4 members (excludes halogenated alkanes) is 1.